The highest BCUT2D eigenvalue weighted by molar-refractivity contribution is 5.79. The number of hydrogen-bond donors (Lipinski definition) is 2. The summed E-state index contributed by atoms with van der Waals surface area (Å²) in [6.45, 7) is 8.31. The van der Waals surface area contributed by atoms with Gasteiger partial charge >= 0.3 is 0 Å². The number of nitrogens with one attached hydrogen (secondary N) is 1. The minimum atomic E-state index is -0.232. The van der Waals surface area contributed by atoms with Crippen molar-refractivity contribution in [2.24, 2.45) is 5.73 Å². The third kappa shape index (κ3) is 4.28. The third-order valence-corrected chi connectivity index (χ3v) is 3.85. The Labute approximate surface area is 105 Å². The van der Waals surface area contributed by atoms with Crippen molar-refractivity contribution in [3.8, 4) is 0 Å². The van der Waals surface area contributed by atoms with Gasteiger partial charge in [0.05, 0.1) is 6.04 Å². The van der Waals surface area contributed by atoms with Crippen molar-refractivity contribution >= 4 is 5.91 Å². The van der Waals surface area contributed by atoms with E-state index in [0.717, 1.165) is 19.5 Å². The average Bonchev–Trinajstić information content (AvgIpc) is 2.26. The number of piperidine rings is 1. The fourth-order valence-corrected chi connectivity index (χ4v) is 2.79. The van der Waals surface area contributed by atoms with Crippen molar-refractivity contribution in [2.75, 3.05) is 13.1 Å². The smallest absolute Gasteiger partial charge is 0.234 e. The molecule has 0 aromatic carbocycles. The van der Waals surface area contributed by atoms with Crippen molar-refractivity contribution in [1.82, 2.24) is 10.2 Å². The predicted molar refractivity (Wildman–Crippen MR) is 70.8 cm³/mol. The number of carbonyl (C=O) groups is 1. The molecule has 0 aromatic rings. The van der Waals surface area contributed by atoms with E-state index >= 15 is 0 Å². The molecular weight excluding hydrogens is 214 g/mol. The first-order chi connectivity index (χ1) is 8.06. The topological polar surface area (TPSA) is 58.4 Å². The molecular formula is C13H27N3O. The third-order valence-electron chi connectivity index (χ3n) is 3.85. The van der Waals surface area contributed by atoms with Crippen LogP contribution in [0.15, 0.2) is 0 Å². The summed E-state index contributed by atoms with van der Waals surface area (Å²) in [5, 5.41) is 3.15. The van der Waals surface area contributed by atoms with E-state index in [-0.39, 0.29) is 11.9 Å². The Morgan fingerprint density at radius 3 is 2.47 bits per heavy atom. The number of nitrogens with zero attached hydrogens (tertiary/aromatic N) is 1. The first-order valence-corrected chi connectivity index (χ1v) is 6.84. The fourth-order valence-electron chi connectivity index (χ4n) is 2.79. The van der Waals surface area contributed by atoms with Crippen molar-refractivity contribution in [3.63, 3.8) is 0 Å². The summed E-state index contributed by atoms with van der Waals surface area (Å²) in [6, 6.07) is 1.09. The molecule has 0 spiro atoms. The predicted octanol–water partition coefficient (Wildman–Crippen LogP) is 1.10. The zero-order chi connectivity index (χ0) is 12.8. The van der Waals surface area contributed by atoms with Crippen LogP contribution < -0.4 is 11.1 Å². The van der Waals surface area contributed by atoms with Crippen LogP contribution in [0.25, 0.3) is 0 Å². The van der Waals surface area contributed by atoms with Gasteiger partial charge in [0.15, 0.2) is 0 Å². The Morgan fingerprint density at radius 1 is 1.41 bits per heavy atom. The minimum absolute atomic E-state index is 0.179. The van der Waals surface area contributed by atoms with Crippen LogP contribution in [0, 0.1) is 0 Å². The van der Waals surface area contributed by atoms with E-state index in [1.807, 2.05) is 6.92 Å². The standard InChI is InChI=1S/C13H27N3O/c1-4-15-12(13(14)17)8-9-16-10(2)6-5-7-11(16)3/h10-12,15H,4-9H2,1-3H3,(H2,14,17). The lowest BCUT2D eigenvalue weighted by atomic mass is 9.97. The number of likely N-dealkylation sites (tertiary alicyclic amines) is 1. The lowest BCUT2D eigenvalue weighted by molar-refractivity contribution is -0.120. The van der Waals surface area contributed by atoms with Gasteiger partial charge in [0.1, 0.15) is 0 Å². The molecule has 1 aliphatic heterocycles. The van der Waals surface area contributed by atoms with E-state index in [2.05, 4.69) is 24.1 Å². The molecule has 0 saturated carbocycles. The van der Waals surface area contributed by atoms with Crippen LogP contribution in [0.1, 0.15) is 46.5 Å². The molecule has 3 N–H and O–H groups in total. The molecule has 0 radical (unpaired) electrons. The Hall–Kier alpha value is -0.610. The minimum Gasteiger partial charge on any atom is -0.368 e. The van der Waals surface area contributed by atoms with Gasteiger partial charge in [-0.2, -0.15) is 0 Å². The molecule has 0 aliphatic carbocycles. The number of hydrogen-bond acceptors (Lipinski definition) is 3. The molecule has 3 unspecified atom stereocenters. The van der Waals surface area contributed by atoms with Gasteiger partial charge in [-0.1, -0.05) is 13.3 Å². The second-order valence-corrected chi connectivity index (χ2v) is 5.17. The normalized spacial score (nSPS) is 27.9. The van der Waals surface area contributed by atoms with E-state index in [1.165, 1.54) is 19.3 Å². The summed E-state index contributed by atoms with van der Waals surface area (Å²) >= 11 is 0. The second-order valence-electron chi connectivity index (χ2n) is 5.17. The van der Waals surface area contributed by atoms with E-state index in [0.29, 0.717) is 12.1 Å². The molecule has 17 heavy (non-hydrogen) atoms. The van der Waals surface area contributed by atoms with Crippen LogP contribution in [-0.2, 0) is 4.79 Å². The van der Waals surface area contributed by atoms with Crippen molar-refractivity contribution < 1.29 is 4.79 Å². The summed E-state index contributed by atoms with van der Waals surface area (Å²) < 4.78 is 0. The van der Waals surface area contributed by atoms with Crippen molar-refractivity contribution in [1.29, 1.82) is 0 Å². The molecule has 4 heteroatoms. The first-order valence-electron chi connectivity index (χ1n) is 6.84. The van der Waals surface area contributed by atoms with Crippen LogP contribution >= 0.6 is 0 Å². The van der Waals surface area contributed by atoms with Crippen LogP contribution in [-0.4, -0.2) is 42.0 Å². The number of nitrogens with two attached hydrogens (primary N) is 1. The number of likely N-dealkylation sites (N-methyl/N-ethyl adjacent to an activating group) is 1. The highest BCUT2D eigenvalue weighted by atomic mass is 16.1. The summed E-state index contributed by atoms with van der Waals surface area (Å²) in [5.41, 5.74) is 5.39. The highest BCUT2D eigenvalue weighted by Gasteiger charge is 2.25. The van der Waals surface area contributed by atoms with E-state index < -0.39 is 0 Å². The zero-order valence-corrected chi connectivity index (χ0v) is 11.4. The molecule has 0 aromatic heterocycles. The lowest BCUT2D eigenvalue weighted by Crippen LogP contribution is -2.48. The van der Waals surface area contributed by atoms with Crippen LogP contribution in [0.4, 0.5) is 0 Å². The second kappa shape index (κ2) is 6.97. The highest BCUT2D eigenvalue weighted by Crippen LogP contribution is 2.22. The fraction of sp³-hybridized carbons (Fsp3) is 0.923. The molecule has 1 aliphatic rings. The van der Waals surface area contributed by atoms with Gasteiger partial charge in [0.25, 0.3) is 0 Å². The van der Waals surface area contributed by atoms with Crippen LogP contribution in [0.3, 0.4) is 0 Å². The van der Waals surface area contributed by atoms with Gasteiger partial charge in [-0.15, -0.1) is 0 Å². The zero-order valence-electron chi connectivity index (χ0n) is 11.4. The summed E-state index contributed by atoms with van der Waals surface area (Å²) in [7, 11) is 0. The summed E-state index contributed by atoms with van der Waals surface area (Å²) in [4.78, 5) is 13.8. The summed E-state index contributed by atoms with van der Waals surface area (Å²) in [5.74, 6) is -0.232. The van der Waals surface area contributed by atoms with E-state index in [4.69, 9.17) is 5.73 Å². The molecule has 3 atom stereocenters. The monoisotopic (exact) mass is 241 g/mol. The molecule has 1 saturated heterocycles. The Kier molecular flexibility index (Phi) is 5.92. The largest absolute Gasteiger partial charge is 0.368 e. The van der Waals surface area contributed by atoms with Crippen molar-refractivity contribution in [2.45, 2.75) is 64.6 Å². The Morgan fingerprint density at radius 2 is 2.00 bits per heavy atom. The van der Waals surface area contributed by atoms with Crippen molar-refractivity contribution in [3.05, 3.63) is 0 Å². The average molecular weight is 241 g/mol. The van der Waals surface area contributed by atoms with Gasteiger partial charge in [-0.25, -0.2) is 0 Å². The molecule has 1 rings (SSSR count). The number of primary amides is 1. The number of rotatable bonds is 6. The van der Waals surface area contributed by atoms with Gasteiger partial charge in [0.2, 0.25) is 5.91 Å². The molecule has 1 heterocycles. The van der Waals surface area contributed by atoms with E-state index in [9.17, 15) is 4.79 Å². The molecule has 100 valence electrons. The maximum Gasteiger partial charge on any atom is 0.234 e. The Bertz CT molecular complexity index is 235. The molecule has 4 nitrogen and oxygen atoms in total. The molecule has 1 amide bonds. The quantitative estimate of drug-likeness (QED) is 0.732. The summed E-state index contributed by atoms with van der Waals surface area (Å²) in [6.07, 6.45) is 4.68. The molecule has 0 bridgehead atoms. The maximum atomic E-state index is 11.3. The van der Waals surface area contributed by atoms with Gasteiger partial charge in [-0.05, 0) is 39.7 Å². The number of amides is 1. The Balaban J connectivity index is 2.43. The lowest BCUT2D eigenvalue weighted by Gasteiger charge is -2.39. The van der Waals surface area contributed by atoms with Crippen LogP contribution in [0.5, 0.6) is 0 Å². The van der Waals surface area contributed by atoms with Gasteiger partial charge in [-0.3, -0.25) is 9.69 Å². The maximum absolute atomic E-state index is 11.3. The van der Waals surface area contributed by atoms with Crippen LogP contribution in [0.2, 0.25) is 0 Å². The molecule has 1 fully saturated rings. The SMILES string of the molecule is CCNC(CCN1C(C)CCCC1C)C(N)=O. The van der Waals surface area contributed by atoms with Gasteiger partial charge in [0, 0.05) is 18.6 Å². The van der Waals surface area contributed by atoms with Gasteiger partial charge < -0.3 is 11.1 Å². The van der Waals surface area contributed by atoms with E-state index in [1.54, 1.807) is 0 Å². The number of carbonyl (C=O) groups excluding carboxylic acids is 1. The first kappa shape index (κ1) is 14.5.